The van der Waals surface area contributed by atoms with Gasteiger partial charge in [-0.1, -0.05) is 25.1 Å². The van der Waals surface area contributed by atoms with Crippen LogP contribution in [0.5, 0.6) is 11.5 Å². The minimum absolute atomic E-state index is 0. The van der Waals surface area contributed by atoms with Crippen LogP contribution in [0.3, 0.4) is 0 Å². The molecule has 1 N–H and O–H groups in total. The van der Waals surface area contributed by atoms with Crippen molar-refractivity contribution in [3.8, 4) is 11.5 Å². The van der Waals surface area contributed by atoms with Gasteiger partial charge in [0.05, 0.1) is 14.2 Å². The summed E-state index contributed by atoms with van der Waals surface area (Å²) < 4.78 is 10.7. The highest BCUT2D eigenvalue weighted by atomic mass is 35.5. The number of benzene rings is 2. The van der Waals surface area contributed by atoms with E-state index in [4.69, 9.17) is 9.47 Å². The van der Waals surface area contributed by atoms with Crippen LogP contribution in [-0.2, 0) is 19.6 Å². The van der Waals surface area contributed by atoms with E-state index in [1.807, 2.05) is 18.2 Å². The first-order valence-electron chi connectivity index (χ1n) is 8.02. The average molecular weight is 349 g/mol. The summed E-state index contributed by atoms with van der Waals surface area (Å²) in [5.74, 6) is 1.59. The SMILES string of the molecule is CCN1Cc2cccc(CNc3cc(OC)cc(OC)c3)c2C1.Cl. The number of fused-ring (bicyclic) bond motifs is 1. The molecule has 0 aromatic heterocycles. The molecule has 0 fully saturated rings. The minimum Gasteiger partial charge on any atom is -0.497 e. The van der Waals surface area contributed by atoms with Crippen LogP contribution in [-0.4, -0.2) is 25.7 Å². The monoisotopic (exact) mass is 348 g/mol. The summed E-state index contributed by atoms with van der Waals surface area (Å²) in [5.41, 5.74) is 5.29. The molecule has 0 saturated carbocycles. The van der Waals surface area contributed by atoms with E-state index < -0.39 is 0 Å². The number of ether oxygens (including phenoxy) is 2. The zero-order valence-corrected chi connectivity index (χ0v) is 15.3. The Labute approximate surface area is 150 Å². The van der Waals surface area contributed by atoms with Crippen molar-refractivity contribution < 1.29 is 9.47 Å². The summed E-state index contributed by atoms with van der Waals surface area (Å²) in [6, 6.07) is 12.5. The fourth-order valence-corrected chi connectivity index (χ4v) is 3.06. The van der Waals surface area contributed by atoms with E-state index in [0.717, 1.165) is 43.4 Å². The first-order chi connectivity index (χ1) is 11.2. The Balaban J connectivity index is 0.00000208. The molecule has 0 bridgehead atoms. The van der Waals surface area contributed by atoms with Crippen molar-refractivity contribution in [3.63, 3.8) is 0 Å². The average Bonchev–Trinajstić information content (AvgIpc) is 3.03. The Morgan fingerprint density at radius 1 is 1.04 bits per heavy atom. The number of methoxy groups -OCH3 is 2. The predicted molar refractivity (Wildman–Crippen MR) is 100 cm³/mol. The maximum Gasteiger partial charge on any atom is 0.124 e. The topological polar surface area (TPSA) is 33.7 Å². The molecule has 2 aromatic carbocycles. The van der Waals surface area contributed by atoms with Gasteiger partial charge in [0.1, 0.15) is 11.5 Å². The summed E-state index contributed by atoms with van der Waals surface area (Å²) in [5, 5.41) is 3.49. The van der Waals surface area contributed by atoms with Crippen molar-refractivity contribution in [2.24, 2.45) is 0 Å². The van der Waals surface area contributed by atoms with Crippen LogP contribution >= 0.6 is 12.4 Å². The fourth-order valence-electron chi connectivity index (χ4n) is 3.06. The van der Waals surface area contributed by atoms with Crippen LogP contribution < -0.4 is 14.8 Å². The highest BCUT2D eigenvalue weighted by Gasteiger charge is 2.19. The molecule has 5 heteroatoms. The molecule has 0 unspecified atom stereocenters. The van der Waals surface area contributed by atoms with Gasteiger partial charge in [-0.25, -0.2) is 0 Å². The van der Waals surface area contributed by atoms with Crippen LogP contribution in [0.2, 0.25) is 0 Å². The van der Waals surface area contributed by atoms with E-state index in [0.29, 0.717) is 0 Å². The first kappa shape index (κ1) is 18.4. The van der Waals surface area contributed by atoms with E-state index in [1.165, 1.54) is 16.7 Å². The second-order valence-corrected chi connectivity index (χ2v) is 5.81. The number of hydrogen-bond donors (Lipinski definition) is 1. The molecule has 1 aliphatic rings. The van der Waals surface area contributed by atoms with Gasteiger partial charge in [0.2, 0.25) is 0 Å². The first-order valence-corrected chi connectivity index (χ1v) is 8.02. The van der Waals surface area contributed by atoms with Gasteiger partial charge in [0.25, 0.3) is 0 Å². The lowest BCUT2D eigenvalue weighted by atomic mass is 10.0. The third-order valence-corrected chi connectivity index (χ3v) is 4.43. The van der Waals surface area contributed by atoms with Gasteiger partial charge in [-0.2, -0.15) is 0 Å². The smallest absolute Gasteiger partial charge is 0.124 e. The van der Waals surface area contributed by atoms with E-state index in [-0.39, 0.29) is 12.4 Å². The molecule has 0 amide bonds. The number of nitrogens with one attached hydrogen (secondary N) is 1. The molecule has 3 rings (SSSR count). The lowest BCUT2D eigenvalue weighted by molar-refractivity contribution is 0.300. The molecular weight excluding hydrogens is 324 g/mol. The summed E-state index contributed by atoms with van der Waals surface area (Å²) in [6.07, 6.45) is 0. The molecule has 0 atom stereocenters. The summed E-state index contributed by atoms with van der Waals surface area (Å²) in [6.45, 7) is 6.22. The molecule has 130 valence electrons. The predicted octanol–water partition coefficient (Wildman–Crippen LogP) is 4.07. The number of hydrogen-bond acceptors (Lipinski definition) is 4. The highest BCUT2D eigenvalue weighted by Crippen LogP contribution is 2.28. The van der Waals surface area contributed by atoms with Gasteiger partial charge in [0.15, 0.2) is 0 Å². The second kappa shape index (κ2) is 8.27. The Bertz CT molecular complexity index is 669. The standard InChI is InChI=1S/C19H24N2O2.ClH/c1-4-21-12-15-7-5-6-14(19(15)13-21)11-20-16-8-17(22-2)10-18(9-16)23-3;/h5-10,20H,4,11-13H2,1-3H3;1H. The highest BCUT2D eigenvalue weighted by molar-refractivity contribution is 5.85. The Morgan fingerprint density at radius 2 is 1.75 bits per heavy atom. The third-order valence-electron chi connectivity index (χ3n) is 4.43. The number of halogens is 1. The molecule has 24 heavy (non-hydrogen) atoms. The molecule has 0 aliphatic carbocycles. The van der Waals surface area contributed by atoms with Crippen LogP contribution in [0, 0.1) is 0 Å². The van der Waals surface area contributed by atoms with Crippen molar-refractivity contribution in [2.45, 2.75) is 26.6 Å². The lowest BCUT2D eigenvalue weighted by Gasteiger charge is -2.13. The Morgan fingerprint density at radius 3 is 2.38 bits per heavy atom. The van der Waals surface area contributed by atoms with Gasteiger partial charge in [-0.15, -0.1) is 12.4 Å². The molecule has 0 saturated heterocycles. The van der Waals surface area contributed by atoms with Gasteiger partial charge in [-0.05, 0) is 23.2 Å². The van der Waals surface area contributed by atoms with E-state index in [9.17, 15) is 0 Å². The van der Waals surface area contributed by atoms with Crippen LogP contribution in [0.4, 0.5) is 5.69 Å². The van der Waals surface area contributed by atoms with Crippen molar-refractivity contribution in [1.82, 2.24) is 4.90 Å². The quantitative estimate of drug-likeness (QED) is 0.853. The molecule has 0 spiro atoms. The van der Waals surface area contributed by atoms with E-state index in [2.05, 4.69) is 35.3 Å². The molecule has 1 aliphatic heterocycles. The zero-order chi connectivity index (χ0) is 16.2. The van der Waals surface area contributed by atoms with Crippen molar-refractivity contribution in [3.05, 3.63) is 53.1 Å². The normalized spacial score (nSPS) is 13.1. The van der Waals surface area contributed by atoms with E-state index >= 15 is 0 Å². The number of nitrogens with zero attached hydrogens (tertiary/aromatic N) is 1. The van der Waals surface area contributed by atoms with Gasteiger partial charge < -0.3 is 14.8 Å². The fraction of sp³-hybridized carbons (Fsp3) is 0.368. The van der Waals surface area contributed by atoms with E-state index in [1.54, 1.807) is 14.2 Å². The minimum atomic E-state index is 0. The van der Waals surface area contributed by atoms with Crippen molar-refractivity contribution in [1.29, 1.82) is 0 Å². The summed E-state index contributed by atoms with van der Waals surface area (Å²) in [4.78, 5) is 2.46. The van der Waals surface area contributed by atoms with Crippen molar-refractivity contribution in [2.75, 3.05) is 26.1 Å². The largest absolute Gasteiger partial charge is 0.497 e. The molecular formula is C19H25ClN2O2. The number of rotatable bonds is 6. The van der Waals surface area contributed by atoms with Gasteiger partial charge >= 0.3 is 0 Å². The molecule has 2 aromatic rings. The third kappa shape index (κ3) is 3.94. The molecule has 0 radical (unpaired) electrons. The maximum atomic E-state index is 5.33. The Hall–Kier alpha value is -1.91. The van der Waals surface area contributed by atoms with Crippen LogP contribution in [0.15, 0.2) is 36.4 Å². The van der Waals surface area contributed by atoms with Crippen LogP contribution in [0.1, 0.15) is 23.6 Å². The van der Waals surface area contributed by atoms with Gasteiger partial charge in [-0.3, -0.25) is 4.90 Å². The van der Waals surface area contributed by atoms with Crippen LogP contribution in [0.25, 0.3) is 0 Å². The molecule has 1 heterocycles. The molecule has 4 nitrogen and oxygen atoms in total. The Kier molecular flexibility index (Phi) is 6.35. The van der Waals surface area contributed by atoms with Gasteiger partial charge in [0, 0.05) is 43.5 Å². The summed E-state index contributed by atoms with van der Waals surface area (Å²) in [7, 11) is 3.34. The second-order valence-electron chi connectivity index (χ2n) is 5.81. The summed E-state index contributed by atoms with van der Waals surface area (Å²) >= 11 is 0. The lowest BCUT2D eigenvalue weighted by Crippen LogP contribution is -2.15. The zero-order valence-electron chi connectivity index (χ0n) is 14.5. The number of anilines is 1. The maximum absolute atomic E-state index is 5.33. The van der Waals surface area contributed by atoms with Crippen molar-refractivity contribution >= 4 is 18.1 Å².